The fourth-order valence-corrected chi connectivity index (χ4v) is 2.37. The Morgan fingerprint density at radius 3 is 3.00 bits per heavy atom. The molecule has 0 aliphatic heterocycles. The number of amides is 1. The molecule has 0 spiro atoms. The first-order valence-electron chi connectivity index (χ1n) is 5.88. The van der Waals surface area contributed by atoms with E-state index in [2.05, 4.69) is 15.3 Å². The molecule has 0 unspecified atom stereocenters. The molecule has 100 valence electrons. The molecule has 6 heteroatoms. The molecule has 4 nitrogen and oxygen atoms in total. The largest absolute Gasteiger partial charge is 0.349 e. The van der Waals surface area contributed by atoms with E-state index in [0.717, 1.165) is 5.82 Å². The van der Waals surface area contributed by atoms with Crippen LogP contribution in [-0.2, 0) is 11.3 Å². The topological polar surface area (TPSA) is 57.8 Å². The highest BCUT2D eigenvalue weighted by atomic mass is 32.2. The minimum absolute atomic E-state index is 0.0692. The lowest BCUT2D eigenvalue weighted by Gasteiger charge is -2.04. The zero-order valence-electron chi connectivity index (χ0n) is 10.2. The minimum Gasteiger partial charge on any atom is -0.349 e. The molecule has 2 aromatic rings. The second-order valence-electron chi connectivity index (χ2n) is 3.84. The van der Waals surface area contributed by atoms with Gasteiger partial charge in [0.15, 0.2) is 0 Å². The average molecular weight is 279 g/mol. The van der Waals surface area contributed by atoms with Crippen LogP contribution in [0.3, 0.4) is 0 Å². The molecule has 1 aromatic carbocycles. The van der Waals surface area contributed by atoms with E-state index in [1.165, 1.54) is 17.8 Å². The van der Waals surface area contributed by atoms with Gasteiger partial charge in [-0.1, -0.05) is 12.1 Å². The number of aromatic amines is 1. The van der Waals surface area contributed by atoms with Gasteiger partial charge in [0.05, 0.1) is 6.54 Å². The van der Waals surface area contributed by atoms with Gasteiger partial charge in [-0.25, -0.2) is 9.37 Å². The molecule has 0 aliphatic rings. The van der Waals surface area contributed by atoms with Crippen LogP contribution in [0, 0.1) is 5.82 Å². The van der Waals surface area contributed by atoms with Crippen LogP contribution in [0.1, 0.15) is 12.2 Å². The number of hydrogen-bond donors (Lipinski definition) is 2. The first-order valence-corrected chi connectivity index (χ1v) is 6.86. The van der Waals surface area contributed by atoms with E-state index in [4.69, 9.17) is 0 Å². The number of nitrogens with zero attached hydrogens (tertiary/aromatic N) is 1. The molecule has 0 radical (unpaired) electrons. The van der Waals surface area contributed by atoms with E-state index in [1.807, 2.05) is 0 Å². The van der Waals surface area contributed by atoms with E-state index >= 15 is 0 Å². The quantitative estimate of drug-likeness (QED) is 0.798. The average Bonchev–Trinajstić information content (AvgIpc) is 2.92. The molecule has 0 atom stereocenters. The Kier molecular flexibility index (Phi) is 4.97. The first kappa shape index (κ1) is 13.6. The molecule has 1 amide bonds. The predicted molar refractivity (Wildman–Crippen MR) is 72.2 cm³/mol. The van der Waals surface area contributed by atoms with Crippen molar-refractivity contribution < 1.29 is 9.18 Å². The third-order valence-corrected chi connectivity index (χ3v) is 3.48. The summed E-state index contributed by atoms with van der Waals surface area (Å²) in [6, 6.07) is 6.55. The third-order valence-electron chi connectivity index (χ3n) is 2.43. The van der Waals surface area contributed by atoms with Crippen LogP contribution in [0.25, 0.3) is 0 Å². The van der Waals surface area contributed by atoms with Gasteiger partial charge in [0, 0.05) is 29.5 Å². The molecule has 19 heavy (non-hydrogen) atoms. The fourth-order valence-electron chi connectivity index (χ4n) is 1.48. The summed E-state index contributed by atoms with van der Waals surface area (Å²) >= 11 is 1.34. The van der Waals surface area contributed by atoms with Gasteiger partial charge in [-0.15, -0.1) is 11.8 Å². The highest BCUT2D eigenvalue weighted by Gasteiger charge is 2.05. The summed E-state index contributed by atoms with van der Waals surface area (Å²) in [7, 11) is 0. The number of nitrogens with one attached hydrogen (secondary N) is 2. The summed E-state index contributed by atoms with van der Waals surface area (Å²) < 4.78 is 13.3. The number of thioether (sulfide) groups is 1. The number of rotatable bonds is 6. The van der Waals surface area contributed by atoms with Gasteiger partial charge in [0.25, 0.3) is 0 Å². The van der Waals surface area contributed by atoms with E-state index < -0.39 is 0 Å². The number of halogens is 1. The van der Waals surface area contributed by atoms with Gasteiger partial charge in [0.2, 0.25) is 5.91 Å². The predicted octanol–water partition coefficient (Wildman–Crippen LogP) is 2.35. The van der Waals surface area contributed by atoms with E-state index in [-0.39, 0.29) is 11.7 Å². The second-order valence-corrected chi connectivity index (χ2v) is 4.98. The Morgan fingerprint density at radius 2 is 2.26 bits per heavy atom. The Bertz CT molecular complexity index is 530. The van der Waals surface area contributed by atoms with Gasteiger partial charge in [-0.3, -0.25) is 4.79 Å². The number of carbonyl (C=O) groups excluding carboxylic acids is 1. The SMILES string of the molecule is O=C(CCSc1ccccc1F)NCc1ncc[nH]1. The van der Waals surface area contributed by atoms with Crippen LogP contribution in [0.4, 0.5) is 4.39 Å². The summed E-state index contributed by atoms with van der Waals surface area (Å²) in [4.78, 5) is 19.0. The molecule has 0 aliphatic carbocycles. The molecule has 0 saturated carbocycles. The normalized spacial score (nSPS) is 10.4. The first-order chi connectivity index (χ1) is 9.25. The number of aromatic nitrogens is 2. The highest BCUT2D eigenvalue weighted by Crippen LogP contribution is 2.21. The lowest BCUT2D eigenvalue weighted by molar-refractivity contribution is -0.120. The van der Waals surface area contributed by atoms with Crippen molar-refractivity contribution in [2.24, 2.45) is 0 Å². The maximum atomic E-state index is 13.3. The van der Waals surface area contributed by atoms with Gasteiger partial charge >= 0.3 is 0 Å². The van der Waals surface area contributed by atoms with Gasteiger partial charge in [-0.05, 0) is 12.1 Å². The molecular formula is C13H14FN3OS. The van der Waals surface area contributed by atoms with Crippen LogP contribution in [0.2, 0.25) is 0 Å². The molecule has 1 heterocycles. The van der Waals surface area contributed by atoms with Crippen LogP contribution in [0.15, 0.2) is 41.6 Å². The van der Waals surface area contributed by atoms with Crippen molar-refractivity contribution >= 4 is 17.7 Å². The number of benzene rings is 1. The van der Waals surface area contributed by atoms with Gasteiger partial charge in [0.1, 0.15) is 11.6 Å². The zero-order chi connectivity index (χ0) is 13.5. The maximum absolute atomic E-state index is 13.3. The molecule has 0 saturated heterocycles. The second kappa shape index (κ2) is 6.94. The fraction of sp³-hybridized carbons (Fsp3) is 0.231. The number of carbonyl (C=O) groups is 1. The maximum Gasteiger partial charge on any atom is 0.221 e. The Morgan fingerprint density at radius 1 is 1.42 bits per heavy atom. The van der Waals surface area contributed by atoms with Gasteiger partial charge in [-0.2, -0.15) is 0 Å². The third kappa shape index (κ3) is 4.40. The van der Waals surface area contributed by atoms with Crippen molar-refractivity contribution in [1.29, 1.82) is 0 Å². The zero-order valence-corrected chi connectivity index (χ0v) is 11.0. The smallest absolute Gasteiger partial charge is 0.221 e. The Balaban J connectivity index is 1.68. The summed E-state index contributed by atoms with van der Waals surface area (Å²) in [6.07, 6.45) is 3.69. The summed E-state index contributed by atoms with van der Waals surface area (Å²) in [5.74, 6) is 0.948. The van der Waals surface area contributed by atoms with Crippen LogP contribution in [-0.4, -0.2) is 21.6 Å². The molecule has 0 bridgehead atoms. The van der Waals surface area contributed by atoms with Crippen molar-refractivity contribution in [3.8, 4) is 0 Å². The molecule has 0 fully saturated rings. The standard InChI is InChI=1S/C13H14FN3OS/c14-10-3-1-2-4-11(10)19-8-5-13(18)17-9-12-15-6-7-16-12/h1-4,6-7H,5,8-9H2,(H,15,16)(H,17,18). The van der Waals surface area contributed by atoms with Crippen LogP contribution < -0.4 is 5.32 Å². The van der Waals surface area contributed by atoms with Crippen LogP contribution in [0.5, 0.6) is 0 Å². The van der Waals surface area contributed by atoms with E-state index in [1.54, 1.807) is 30.6 Å². The summed E-state index contributed by atoms with van der Waals surface area (Å²) in [5.41, 5.74) is 0. The van der Waals surface area contributed by atoms with Gasteiger partial charge < -0.3 is 10.3 Å². The van der Waals surface area contributed by atoms with Crippen LogP contribution >= 0.6 is 11.8 Å². The highest BCUT2D eigenvalue weighted by molar-refractivity contribution is 7.99. The minimum atomic E-state index is -0.247. The Hall–Kier alpha value is -1.82. The molecule has 2 rings (SSSR count). The molecular weight excluding hydrogens is 265 g/mol. The van der Waals surface area contributed by atoms with Crippen molar-refractivity contribution in [1.82, 2.24) is 15.3 Å². The van der Waals surface area contributed by atoms with E-state index in [0.29, 0.717) is 23.6 Å². The van der Waals surface area contributed by atoms with E-state index in [9.17, 15) is 9.18 Å². The summed E-state index contributed by atoms with van der Waals surface area (Å²) in [6.45, 7) is 0.385. The monoisotopic (exact) mass is 279 g/mol. The van der Waals surface area contributed by atoms with Crippen molar-refractivity contribution in [3.63, 3.8) is 0 Å². The lowest BCUT2D eigenvalue weighted by atomic mass is 10.3. The molecule has 1 aromatic heterocycles. The number of hydrogen-bond acceptors (Lipinski definition) is 3. The lowest BCUT2D eigenvalue weighted by Crippen LogP contribution is -2.23. The van der Waals surface area contributed by atoms with Crippen molar-refractivity contribution in [2.45, 2.75) is 17.9 Å². The van der Waals surface area contributed by atoms with Crippen molar-refractivity contribution in [3.05, 3.63) is 48.3 Å². The number of H-pyrrole nitrogens is 1. The summed E-state index contributed by atoms with van der Waals surface area (Å²) in [5, 5.41) is 2.75. The van der Waals surface area contributed by atoms with Crippen molar-refractivity contribution in [2.75, 3.05) is 5.75 Å². The number of imidazole rings is 1. The Labute approximate surface area is 114 Å². The molecule has 2 N–H and O–H groups in total.